The van der Waals surface area contributed by atoms with Gasteiger partial charge in [0.25, 0.3) is 11.1 Å². The number of thioether (sulfide) groups is 1. The van der Waals surface area contributed by atoms with Gasteiger partial charge in [0.2, 0.25) is 0 Å². The molecule has 3 rings (SSSR count). The fourth-order valence-electron chi connectivity index (χ4n) is 2.62. The van der Waals surface area contributed by atoms with Crippen LogP contribution in [0.4, 0.5) is 0 Å². The molecule has 0 amide bonds. The number of nitrogens with zero attached hydrogens (tertiary/aromatic N) is 2. The van der Waals surface area contributed by atoms with Crippen molar-refractivity contribution in [2.75, 3.05) is 0 Å². The molecular formula is C19H20N2O3S. The first-order valence-electron chi connectivity index (χ1n) is 8.03. The number of hydrogen-bond donors (Lipinski definition) is 0. The highest BCUT2D eigenvalue weighted by atomic mass is 32.2. The minimum atomic E-state index is -0.320. The molecule has 130 valence electrons. The van der Waals surface area contributed by atoms with E-state index in [9.17, 15) is 4.79 Å². The molecule has 0 fully saturated rings. The lowest BCUT2D eigenvalue weighted by molar-refractivity contribution is 0.0993. The lowest BCUT2D eigenvalue weighted by Crippen LogP contribution is -2.15. The van der Waals surface area contributed by atoms with Crippen LogP contribution in [0, 0.1) is 27.7 Å². The summed E-state index contributed by atoms with van der Waals surface area (Å²) in [6.07, 6.45) is 1.58. The summed E-state index contributed by atoms with van der Waals surface area (Å²) < 4.78 is 10.9. The summed E-state index contributed by atoms with van der Waals surface area (Å²) in [5.41, 5.74) is 4.80. The van der Waals surface area contributed by atoms with Crippen LogP contribution in [0.5, 0.6) is 0 Å². The van der Waals surface area contributed by atoms with Crippen molar-refractivity contribution >= 4 is 17.5 Å². The number of ketones is 1. The zero-order valence-corrected chi connectivity index (χ0v) is 15.7. The Balaban J connectivity index is 1.78. The van der Waals surface area contributed by atoms with Gasteiger partial charge >= 0.3 is 0 Å². The minimum Gasteiger partial charge on any atom is -0.469 e. The molecule has 0 spiro atoms. The van der Waals surface area contributed by atoms with Crippen molar-refractivity contribution < 1.29 is 13.6 Å². The third-order valence-electron chi connectivity index (χ3n) is 4.25. The molecular weight excluding hydrogens is 336 g/mol. The van der Waals surface area contributed by atoms with Crippen molar-refractivity contribution in [2.24, 2.45) is 0 Å². The fourth-order valence-corrected chi connectivity index (χ4v) is 3.37. The molecule has 25 heavy (non-hydrogen) atoms. The van der Waals surface area contributed by atoms with Crippen molar-refractivity contribution in [1.82, 2.24) is 10.2 Å². The molecule has 1 unspecified atom stereocenters. The second-order valence-electron chi connectivity index (χ2n) is 6.14. The van der Waals surface area contributed by atoms with Gasteiger partial charge in [-0.05, 0) is 63.4 Å². The van der Waals surface area contributed by atoms with E-state index >= 15 is 0 Å². The second kappa shape index (κ2) is 6.88. The Bertz CT molecular complexity index is 927. The maximum Gasteiger partial charge on any atom is 0.277 e. The van der Waals surface area contributed by atoms with Crippen LogP contribution < -0.4 is 0 Å². The number of carbonyl (C=O) groups is 1. The largest absolute Gasteiger partial charge is 0.469 e. The average Bonchev–Trinajstić information content (AvgIpc) is 3.18. The molecule has 0 saturated carbocycles. The van der Waals surface area contributed by atoms with E-state index < -0.39 is 0 Å². The van der Waals surface area contributed by atoms with Crippen LogP contribution in [0.25, 0.3) is 11.5 Å². The number of rotatable bonds is 5. The molecule has 0 aliphatic heterocycles. The summed E-state index contributed by atoms with van der Waals surface area (Å²) in [7, 11) is 0. The summed E-state index contributed by atoms with van der Waals surface area (Å²) in [5, 5.41) is 8.13. The van der Waals surface area contributed by atoms with Gasteiger partial charge in [0.05, 0.1) is 17.1 Å². The number of benzene rings is 1. The van der Waals surface area contributed by atoms with Crippen LogP contribution in [0.1, 0.15) is 39.7 Å². The summed E-state index contributed by atoms with van der Waals surface area (Å²) >= 11 is 1.27. The molecule has 5 nitrogen and oxygen atoms in total. The Morgan fingerprint density at radius 2 is 1.80 bits per heavy atom. The highest BCUT2D eigenvalue weighted by Gasteiger charge is 2.22. The van der Waals surface area contributed by atoms with Gasteiger partial charge in [0.15, 0.2) is 5.78 Å². The average molecular weight is 356 g/mol. The molecule has 2 aromatic heterocycles. The molecule has 0 aliphatic carbocycles. The van der Waals surface area contributed by atoms with Crippen molar-refractivity contribution in [2.45, 2.75) is 45.1 Å². The van der Waals surface area contributed by atoms with E-state index in [-0.39, 0.29) is 11.0 Å². The van der Waals surface area contributed by atoms with Crippen LogP contribution in [0.2, 0.25) is 0 Å². The lowest BCUT2D eigenvalue weighted by Gasteiger charge is -2.12. The van der Waals surface area contributed by atoms with Gasteiger partial charge in [0.1, 0.15) is 5.76 Å². The Hall–Kier alpha value is -2.34. The quantitative estimate of drug-likeness (QED) is 0.477. The molecule has 0 aliphatic rings. The summed E-state index contributed by atoms with van der Waals surface area (Å²) in [6.45, 7) is 9.71. The number of Topliss-reactive ketones (excluding diaryl/α,β-unsaturated/α-hetero) is 1. The molecule has 2 heterocycles. The predicted molar refractivity (Wildman–Crippen MR) is 97.0 cm³/mol. The Morgan fingerprint density at radius 3 is 2.48 bits per heavy atom. The van der Waals surface area contributed by atoms with Gasteiger partial charge in [-0.1, -0.05) is 17.8 Å². The first kappa shape index (κ1) is 17.5. The summed E-state index contributed by atoms with van der Waals surface area (Å²) in [5.74, 6) is 1.18. The van der Waals surface area contributed by atoms with E-state index in [0.717, 1.165) is 28.0 Å². The van der Waals surface area contributed by atoms with Crippen molar-refractivity contribution in [3.8, 4) is 11.5 Å². The first-order valence-corrected chi connectivity index (χ1v) is 8.91. The molecule has 3 aromatic rings. The maximum absolute atomic E-state index is 12.8. The number of hydrogen-bond acceptors (Lipinski definition) is 6. The minimum absolute atomic E-state index is 0.0600. The molecule has 1 aromatic carbocycles. The third kappa shape index (κ3) is 3.54. The predicted octanol–water partition coefficient (Wildman–Crippen LogP) is 4.93. The van der Waals surface area contributed by atoms with Crippen molar-refractivity contribution in [3.63, 3.8) is 0 Å². The zero-order chi connectivity index (χ0) is 18.1. The molecule has 0 N–H and O–H groups in total. The Labute approximate surface area is 150 Å². The van der Waals surface area contributed by atoms with Gasteiger partial charge in [-0.2, -0.15) is 0 Å². The zero-order valence-electron chi connectivity index (χ0n) is 14.9. The van der Waals surface area contributed by atoms with E-state index in [2.05, 4.69) is 10.2 Å². The first-order chi connectivity index (χ1) is 11.9. The van der Waals surface area contributed by atoms with Gasteiger partial charge in [-0.25, -0.2) is 0 Å². The summed E-state index contributed by atoms with van der Waals surface area (Å²) in [4.78, 5) is 12.8. The Morgan fingerprint density at radius 1 is 1.08 bits per heavy atom. The van der Waals surface area contributed by atoms with Crippen molar-refractivity contribution in [3.05, 3.63) is 52.5 Å². The summed E-state index contributed by atoms with van der Waals surface area (Å²) in [6, 6.07) is 5.79. The number of furan rings is 1. The van der Waals surface area contributed by atoms with E-state index in [1.54, 1.807) is 12.3 Å². The van der Waals surface area contributed by atoms with E-state index in [1.165, 1.54) is 17.3 Å². The fraction of sp³-hybridized carbons (Fsp3) is 0.316. The topological polar surface area (TPSA) is 69.1 Å². The number of aromatic nitrogens is 2. The van der Waals surface area contributed by atoms with E-state index in [0.29, 0.717) is 11.1 Å². The van der Waals surface area contributed by atoms with Crippen LogP contribution in [-0.2, 0) is 0 Å². The van der Waals surface area contributed by atoms with Gasteiger partial charge in [0, 0.05) is 5.56 Å². The molecule has 0 saturated heterocycles. The normalized spacial score (nSPS) is 12.4. The second-order valence-corrected chi connectivity index (χ2v) is 7.43. The highest BCUT2D eigenvalue weighted by Crippen LogP contribution is 2.30. The van der Waals surface area contributed by atoms with E-state index in [4.69, 9.17) is 8.83 Å². The monoisotopic (exact) mass is 356 g/mol. The standard InChI is InChI=1S/C19H20N2O3S/c1-10-8-12(3)16(9-11(10)2)17(22)14(5)25-19-21-20-18(24-19)15-6-7-23-13(15)4/h6-9,14H,1-5H3. The molecule has 1 atom stereocenters. The molecule has 0 bridgehead atoms. The SMILES string of the molecule is Cc1cc(C)c(C(=O)C(C)Sc2nnc(-c3ccoc3C)o2)cc1C. The lowest BCUT2D eigenvalue weighted by atomic mass is 9.97. The van der Waals surface area contributed by atoms with Crippen LogP contribution in [0.15, 0.2) is 38.5 Å². The number of aryl methyl sites for hydroxylation is 4. The van der Waals surface area contributed by atoms with Crippen LogP contribution >= 0.6 is 11.8 Å². The van der Waals surface area contributed by atoms with Gasteiger partial charge in [-0.15, -0.1) is 10.2 Å². The third-order valence-corrected chi connectivity index (χ3v) is 5.18. The van der Waals surface area contributed by atoms with Crippen molar-refractivity contribution in [1.29, 1.82) is 0 Å². The smallest absolute Gasteiger partial charge is 0.277 e. The Kier molecular flexibility index (Phi) is 4.81. The van der Waals surface area contributed by atoms with Gasteiger partial charge in [-0.3, -0.25) is 4.79 Å². The highest BCUT2D eigenvalue weighted by molar-refractivity contribution is 8.00. The number of carbonyl (C=O) groups excluding carboxylic acids is 1. The molecule has 6 heteroatoms. The van der Waals surface area contributed by atoms with Crippen LogP contribution in [-0.4, -0.2) is 21.2 Å². The maximum atomic E-state index is 12.8. The van der Waals surface area contributed by atoms with Gasteiger partial charge < -0.3 is 8.83 Å². The van der Waals surface area contributed by atoms with E-state index in [1.807, 2.05) is 46.8 Å². The van der Waals surface area contributed by atoms with Crippen LogP contribution in [0.3, 0.4) is 0 Å². The molecule has 0 radical (unpaired) electrons.